The average Bonchev–Trinajstić information content (AvgIpc) is 2.91. The maximum atomic E-state index is 8.08. The van der Waals surface area contributed by atoms with E-state index in [9.17, 15) is 0 Å². The molecule has 4 aromatic carbocycles. The Bertz CT molecular complexity index is 1810. The SMILES string of the molecule is [2H]C([2H])([2H])c1ccccc1-c1cc[n+](C)c(-c2ccc3c(c2C)C(C)(C)C(C)(C)c2c-3ccc3ccccc23)c1. The third-order valence-corrected chi connectivity index (χ3v) is 9.16. The zero-order chi connectivity index (χ0) is 28.6. The van der Waals surface area contributed by atoms with Gasteiger partial charge in [-0.2, -0.15) is 0 Å². The Balaban J connectivity index is 1.60. The van der Waals surface area contributed by atoms with Crippen molar-refractivity contribution >= 4 is 10.8 Å². The summed E-state index contributed by atoms with van der Waals surface area (Å²) in [4.78, 5) is 0. The first-order valence-corrected chi connectivity index (χ1v) is 13.1. The van der Waals surface area contributed by atoms with E-state index in [1.54, 1.807) is 12.1 Å². The van der Waals surface area contributed by atoms with E-state index in [2.05, 4.69) is 101 Å². The highest BCUT2D eigenvalue weighted by molar-refractivity contribution is 5.96. The summed E-state index contributed by atoms with van der Waals surface area (Å²) in [5.74, 6) is 0. The van der Waals surface area contributed by atoms with Gasteiger partial charge in [-0.3, -0.25) is 0 Å². The van der Waals surface area contributed by atoms with Gasteiger partial charge >= 0.3 is 0 Å². The van der Waals surface area contributed by atoms with Crippen molar-refractivity contribution in [3.05, 3.63) is 113 Å². The van der Waals surface area contributed by atoms with Crippen LogP contribution in [0.3, 0.4) is 0 Å². The highest BCUT2D eigenvalue weighted by atomic mass is 14.9. The third kappa shape index (κ3) is 3.33. The molecule has 1 nitrogen and oxygen atoms in total. The average molecular weight is 486 g/mol. The maximum Gasteiger partial charge on any atom is 0.213 e. The van der Waals surface area contributed by atoms with Crippen LogP contribution in [0.4, 0.5) is 0 Å². The molecule has 0 unspecified atom stereocenters. The molecule has 1 aromatic heterocycles. The van der Waals surface area contributed by atoms with Gasteiger partial charge in [0.2, 0.25) is 5.69 Å². The summed E-state index contributed by atoms with van der Waals surface area (Å²) in [5.41, 5.74) is 10.7. The first kappa shape index (κ1) is 20.4. The van der Waals surface area contributed by atoms with Gasteiger partial charge in [-0.15, -0.1) is 0 Å². The second-order valence-corrected chi connectivity index (χ2v) is 11.6. The lowest BCUT2D eigenvalue weighted by Crippen LogP contribution is -2.44. The van der Waals surface area contributed by atoms with Crippen LogP contribution < -0.4 is 4.57 Å². The van der Waals surface area contributed by atoms with Crippen LogP contribution in [0.2, 0.25) is 0 Å². The molecule has 6 rings (SSSR count). The van der Waals surface area contributed by atoms with Gasteiger partial charge in [0, 0.05) is 27.2 Å². The molecular weight excluding hydrogens is 446 g/mol. The van der Waals surface area contributed by atoms with Crippen molar-refractivity contribution in [2.75, 3.05) is 0 Å². The fraction of sp³-hybridized carbons (Fsp3) is 0.250. The second kappa shape index (κ2) is 8.15. The van der Waals surface area contributed by atoms with Crippen molar-refractivity contribution in [1.29, 1.82) is 0 Å². The van der Waals surface area contributed by atoms with Gasteiger partial charge in [-0.05, 0) is 80.5 Å². The Kier molecular flexibility index (Phi) is 4.48. The first-order chi connectivity index (χ1) is 18.8. The van der Waals surface area contributed by atoms with E-state index in [1.165, 1.54) is 44.2 Å². The lowest BCUT2D eigenvalue weighted by atomic mass is 9.54. The molecule has 1 aliphatic carbocycles. The van der Waals surface area contributed by atoms with Gasteiger partial charge in [0.15, 0.2) is 6.20 Å². The number of pyridine rings is 1. The van der Waals surface area contributed by atoms with Crippen molar-refractivity contribution in [2.45, 2.75) is 52.3 Å². The number of nitrogens with zero attached hydrogens (tertiary/aromatic N) is 1. The molecule has 0 spiro atoms. The molecule has 0 N–H and O–H groups in total. The molecule has 1 heterocycles. The van der Waals surface area contributed by atoms with Crippen LogP contribution in [-0.4, -0.2) is 0 Å². The lowest BCUT2D eigenvalue weighted by Gasteiger charge is -2.49. The fourth-order valence-electron chi connectivity index (χ4n) is 6.55. The Morgan fingerprint density at radius 2 is 1.32 bits per heavy atom. The molecular formula is C36H36N+. The highest BCUT2D eigenvalue weighted by Crippen LogP contribution is 2.57. The molecule has 0 radical (unpaired) electrons. The van der Waals surface area contributed by atoms with Crippen molar-refractivity contribution in [3.63, 3.8) is 0 Å². The van der Waals surface area contributed by atoms with E-state index in [0.29, 0.717) is 5.56 Å². The molecule has 184 valence electrons. The van der Waals surface area contributed by atoms with Gasteiger partial charge in [0.25, 0.3) is 0 Å². The quantitative estimate of drug-likeness (QED) is 0.220. The minimum Gasteiger partial charge on any atom is -0.201 e. The van der Waals surface area contributed by atoms with E-state index in [4.69, 9.17) is 4.11 Å². The number of aromatic nitrogens is 1. The van der Waals surface area contributed by atoms with E-state index >= 15 is 0 Å². The lowest BCUT2D eigenvalue weighted by molar-refractivity contribution is -0.660. The molecule has 1 aliphatic rings. The van der Waals surface area contributed by atoms with Crippen molar-refractivity contribution in [1.82, 2.24) is 0 Å². The fourth-order valence-corrected chi connectivity index (χ4v) is 6.55. The molecule has 0 bridgehead atoms. The van der Waals surface area contributed by atoms with Crippen LogP contribution in [0.5, 0.6) is 0 Å². The molecule has 0 amide bonds. The van der Waals surface area contributed by atoms with Gasteiger partial charge in [-0.25, -0.2) is 4.57 Å². The topological polar surface area (TPSA) is 3.88 Å². The minimum atomic E-state index is -2.18. The largest absolute Gasteiger partial charge is 0.213 e. The number of hydrogen-bond donors (Lipinski definition) is 0. The van der Waals surface area contributed by atoms with E-state index < -0.39 is 6.85 Å². The predicted octanol–water partition coefficient (Wildman–Crippen LogP) is 8.85. The number of hydrogen-bond acceptors (Lipinski definition) is 0. The molecule has 5 aromatic rings. The van der Waals surface area contributed by atoms with E-state index in [1.807, 2.05) is 24.4 Å². The van der Waals surface area contributed by atoms with Crippen molar-refractivity contribution in [2.24, 2.45) is 7.05 Å². The summed E-state index contributed by atoms with van der Waals surface area (Å²) in [5, 5.41) is 2.61. The second-order valence-electron chi connectivity index (χ2n) is 11.6. The number of fused-ring (bicyclic) bond motifs is 5. The number of aryl methyl sites for hydroxylation is 2. The Morgan fingerprint density at radius 3 is 2.14 bits per heavy atom. The molecule has 1 heteroatoms. The summed E-state index contributed by atoms with van der Waals surface area (Å²) in [7, 11) is 2.06. The molecule has 0 saturated carbocycles. The minimum absolute atomic E-state index is 0.109. The molecule has 0 fully saturated rings. The van der Waals surface area contributed by atoms with Crippen LogP contribution >= 0.6 is 0 Å². The normalized spacial score (nSPS) is 16.9. The Morgan fingerprint density at radius 1 is 0.676 bits per heavy atom. The Hall–Kier alpha value is -3.71. The van der Waals surface area contributed by atoms with Crippen LogP contribution in [0.1, 0.15) is 54.1 Å². The van der Waals surface area contributed by atoms with E-state index in [0.717, 1.165) is 16.8 Å². The van der Waals surface area contributed by atoms with Crippen molar-refractivity contribution < 1.29 is 8.68 Å². The summed E-state index contributed by atoms with van der Waals surface area (Å²) in [6.45, 7) is 9.62. The third-order valence-electron chi connectivity index (χ3n) is 9.16. The van der Waals surface area contributed by atoms with Crippen LogP contribution in [0.15, 0.2) is 91.1 Å². The highest BCUT2D eigenvalue weighted by Gasteiger charge is 2.47. The zero-order valence-electron chi connectivity index (χ0n) is 25.6. The molecule has 37 heavy (non-hydrogen) atoms. The molecule has 0 atom stereocenters. The smallest absolute Gasteiger partial charge is 0.201 e. The Labute approximate surface area is 225 Å². The van der Waals surface area contributed by atoms with Crippen LogP contribution in [0.25, 0.3) is 44.3 Å². The van der Waals surface area contributed by atoms with E-state index in [-0.39, 0.29) is 10.8 Å². The molecule has 0 saturated heterocycles. The maximum absolute atomic E-state index is 8.08. The standard InChI is InChI=1S/C36H36N/c1-23-12-8-10-14-27(23)26-20-21-37(7)32(22-26)28-18-19-30-31-17-16-25-13-9-11-15-29(25)34(31)36(5,6)35(3,4)33(30)24(28)2/h8-22H,1-7H3/q+1/i1D3. The summed E-state index contributed by atoms with van der Waals surface area (Å²) in [6.07, 6.45) is 2.04. The number of benzene rings is 4. The first-order valence-electron chi connectivity index (χ1n) is 14.6. The summed E-state index contributed by atoms with van der Waals surface area (Å²) < 4.78 is 26.4. The van der Waals surface area contributed by atoms with Crippen LogP contribution in [-0.2, 0) is 17.9 Å². The van der Waals surface area contributed by atoms with Crippen LogP contribution in [0, 0.1) is 13.8 Å². The number of rotatable bonds is 2. The summed E-state index contributed by atoms with van der Waals surface area (Å²) >= 11 is 0. The zero-order valence-corrected chi connectivity index (χ0v) is 22.6. The summed E-state index contributed by atoms with van der Waals surface area (Å²) in [6, 6.07) is 29.3. The van der Waals surface area contributed by atoms with Gasteiger partial charge in [0.05, 0.1) is 0 Å². The predicted molar refractivity (Wildman–Crippen MR) is 157 cm³/mol. The van der Waals surface area contributed by atoms with Gasteiger partial charge in [0.1, 0.15) is 7.05 Å². The van der Waals surface area contributed by atoms with Gasteiger partial charge < -0.3 is 0 Å². The van der Waals surface area contributed by atoms with Crippen molar-refractivity contribution in [3.8, 4) is 33.5 Å². The molecule has 0 aliphatic heterocycles. The monoisotopic (exact) mass is 485 g/mol. The van der Waals surface area contributed by atoms with Gasteiger partial charge in [-0.1, -0.05) is 94.4 Å².